The number of fused-ring (bicyclic) bond motifs is 1. The van der Waals surface area contributed by atoms with E-state index in [-0.39, 0.29) is 23.9 Å². The molecular formula is C16H24N4O3. The first-order chi connectivity index (χ1) is 11.0. The normalized spacial score (nSPS) is 24.4. The smallest absolute Gasteiger partial charge is 0.259 e. The minimum atomic E-state index is -0.0295. The fraction of sp³-hybridized carbons (Fsp3) is 0.688. The molecule has 0 N–H and O–H groups in total. The summed E-state index contributed by atoms with van der Waals surface area (Å²) in [6, 6.07) is 0.247. The van der Waals surface area contributed by atoms with E-state index in [1.165, 1.54) is 6.26 Å². The Morgan fingerprint density at radius 3 is 2.83 bits per heavy atom. The van der Waals surface area contributed by atoms with Crippen molar-refractivity contribution in [1.29, 1.82) is 0 Å². The standard InChI is InChI=1S/C16H24N4O3/c1-11-12(10-23-17-11)16(22)20-7-6-14-13(20)4-5-15(21)19(14)9-8-18(2)3/h10,13-14H,4-9H2,1-3H3/t13-,14-/m1/s1. The Balaban J connectivity index is 1.75. The molecule has 2 aliphatic rings. The van der Waals surface area contributed by atoms with Crippen LogP contribution < -0.4 is 0 Å². The Kier molecular flexibility index (Phi) is 4.39. The molecule has 3 rings (SSSR count). The molecule has 0 bridgehead atoms. The monoisotopic (exact) mass is 320 g/mol. The second-order valence-corrected chi connectivity index (χ2v) is 6.66. The van der Waals surface area contributed by atoms with Gasteiger partial charge in [-0.3, -0.25) is 9.59 Å². The number of nitrogens with zero attached hydrogens (tertiary/aromatic N) is 4. The van der Waals surface area contributed by atoms with Crippen molar-refractivity contribution in [3.63, 3.8) is 0 Å². The maximum atomic E-state index is 12.8. The van der Waals surface area contributed by atoms with Crippen LogP contribution in [0.25, 0.3) is 0 Å². The van der Waals surface area contributed by atoms with Crippen LogP contribution in [-0.2, 0) is 4.79 Å². The van der Waals surface area contributed by atoms with Gasteiger partial charge in [0.1, 0.15) is 11.8 Å². The second kappa shape index (κ2) is 6.31. The summed E-state index contributed by atoms with van der Waals surface area (Å²) in [6.07, 6.45) is 3.53. The topological polar surface area (TPSA) is 69.9 Å². The van der Waals surface area contributed by atoms with E-state index in [4.69, 9.17) is 4.52 Å². The molecule has 2 atom stereocenters. The Morgan fingerprint density at radius 1 is 1.39 bits per heavy atom. The van der Waals surface area contributed by atoms with Crippen LogP contribution in [0.1, 0.15) is 35.3 Å². The molecule has 23 heavy (non-hydrogen) atoms. The highest BCUT2D eigenvalue weighted by Crippen LogP contribution is 2.32. The molecule has 0 unspecified atom stereocenters. The number of carbonyl (C=O) groups excluding carboxylic acids is 2. The number of rotatable bonds is 4. The maximum Gasteiger partial charge on any atom is 0.259 e. The quantitative estimate of drug-likeness (QED) is 0.819. The van der Waals surface area contributed by atoms with Crippen LogP contribution in [0.15, 0.2) is 10.8 Å². The van der Waals surface area contributed by atoms with Crippen molar-refractivity contribution in [2.24, 2.45) is 0 Å². The van der Waals surface area contributed by atoms with E-state index in [0.717, 1.165) is 25.9 Å². The summed E-state index contributed by atoms with van der Waals surface area (Å²) in [6.45, 7) is 4.03. The zero-order chi connectivity index (χ0) is 16.6. The zero-order valence-electron chi connectivity index (χ0n) is 14.0. The average Bonchev–Trinajstić information content (AvgIpc) is 3.11. The summed E-state index contributed by atoms with van der Waals surface area (Å²) in [5, 5.41) is 3.80. The molecule has 2 fully saturated rings. The minimum Gasteiger partial charge on any atom is -0.364 e. The van der Waals surface area contributed by atoms with Crippen LogP contribution in [0.3, 0.4) is 0 Å². The van der Waals surface area contributed by atoms with Crippen molar-refractivity contribution >= 4 is 11.8 Å². The van der Waals surface area contributed by atoms with Crippen LogP contribution in [-0.4, -0.2) is 77.5 Å². The molecule has 0 spiro atoms. The van der Waals surface area contributed by atoms with Crippen molar-refractivity contribution in [2.75, 3.05) is 33.7 Å². The molecule has 126 valence electrons. The third kappa shape index (κ3) is 2.97. The first kappa shape index (κ1) is 16.0. The van der Waals surface area contributed by atoms with Gasteiger partial charge >= 0.3 is 0 Å². The molecule has 1 aromatic heterocycles. The van der Waals surface area contributed by atoms with Crippen LogP contribution in [0.4, 0.5) is 0 Å². The average molecular weight is 320 g/mol. The summed E-state index contributed by atoms with van der Waals surface area (Å²) < 4.78 is 4.90. The third-order valence-corrected chi connectivity index (χ3v) is 4.91. The lowest BCUT2D eigenvalue weighted by Crippen LogP contribution is -2.54. The first-order valence-electron chi connectivity index (χ1n) is 8.15. The van der Waals surface area contributed by atoms with Gasteiger partial charge in [-0.2, -0.15) is 0 Å². The third-order valence-electron chi connectivity index (χ3n) is 4.91. The number of hydrogen-bond acceptors (Lipinski definition) is 5. The van der Waals surface area contributed by atoms with E-state index in [9.17, 15) is 9.59 Å². The van der Waals surface area contributed by atoms with E-state index in [2.05, 4.69) is 10.1 Å². The van der Waals surface area contributed by atoms with Gasteiger partial charge in [-0.1, -0.05) is 5.16 Å². The highest BCUT2D eigenvalue weighted by atomic mass is 16.5. The Bertz CT molecular complexity index is 598. The van der Waals surface area contributed by atoms with Gasteiger partial charge in [0, 0.05) is 26.1 Å². The van der Waals surface area contributed by atoms with Gasteiger partial charge in [0.25, 0.3) is 5.91 Å². The predicted molar refractivity (Wildman–Crippen MR) is 84.0 cm³/mol. The predicted octanol–water partition coefficient (Wildman–Crippen LogP) is 0.750. The molecule has 1 aromatic rings. The van der Waals surface area contributed by atoms with E-state index >= 15 is 0 Å². The van der Waals surface area contributed by atoms with E-state index in [0.29, 0.717) is 24.2 Å². The van der Waals surface area contributed by atoms with Crippen LogP contribution >= 0.6 is 0 Å². The molecule has 7 nitrogen and oxygen atoms in total. The Morgan fingerprint density at radius 2 is 2.17 bits per heavy atom. The first-order valence-corrected chi connectivity index (χ1v) is 8.15. The second-order valence-electron chi connectivity index (χ2n) is 6.66. The van der Waals surface area contributed by atoms with E-state index in [1.54, 1.807) is 6.92 Å². The number of piperidine rings is 1. The fourth-order valence-electron chi connectivity index (χ4n) is 3.65. The summed E-state index contributed by atoms with van der Waals surface area (Å²) >= 11 is 0. The number of amides is 2. The Hall–Kier alpha value is -1.89. The zero-order valence-corrected chi connectivity index (χ0v) is 14.0. The summed E-state index contributed by atoms with van der Waals surface area (Å²) in [5.74, 6) is 0.182. The molecule has 0 aromatic carbocycles. The van der Waals surface area contributed by atoms with Gasteiger partial charge in [-0.05, 0) is 33.9 Å². The van der Waals surface area contributed by atoms with Crippen molar-refractivity contribution in [1.82, 2.24) is 19.9 Å². The highest BCUT2D eigenvalue weighted by Gasteiger charge is 2.45. The van der Waals surface area contributed by atoms with Crippen LogP contribution in [0.2, 0.25) is 0 Å². The fourth-order valence-corrected chi connectivity index (χ4v) is 3.65. The number of likely N-dealkylation sites (tertiary alicyclic amines) is 2. The minimum absolute atomic E-state index is 0.0295. The number of likely N-dealkylation sites (N-methyl/N-ethyl adjacent to an activating group) is 1. The van der Waals surface area contributed by atoms with Gasteiger partial charge < -0.3 is 19.2 Å². The van der Waals surface area contributed by atoms with Gasteiger partial charge in [0.15, 0.2) is 0 Å². The molecule has 0 saturated carbocycles. The van der Waals surface area contributed by atoms with Crippen LogP contribution in [0, 0.1) is 6.92 Å². The van der Waals surface area contributed by atoms with Crippen molar-refractivity contribution < 1.29 is 14.1 Å². The van der Waals surface area contributed by atoms with Crippen molar-refractivity contribution in [3.8, 4) is 0 Å². The van der Waals surface area contributed by atoms with Crippen molar-refractivity contribution in [2.45, 2.75) is 38.3 Å². The van der Waals surface area contributed by atoms with Gasteiger partial charge in [0.05, 0.1) is 17.8 Å². The van der Waals surface area contributed by atoms with E-state index < -0.39 is 0 Å². The van der Waals surface area contributed by atoms with Gasteiger partial charge in [-0.15, -0.1) is 0 Å². The largest absolute Gasteiger partial charge is 0.364 e. The lowest BCUT2D eigenvalue weighted by Gasteiger charge is -2.40. The van der Waals surface area contributed by atoms with Gasteiger partial charge in [0.2, 0.25) is 5.91 Å². The number of carbonyl (C=O) groups is 2. The summed E-state index contributed by atoms with van der Waals surface area (Å²) in [5.41, 5.74) is 1.15. The summed E-state index contributed by atoms with van der Waals surface area (Å²) in [7, 11) is 4.01. The SMILES string of the molecule is Cc1nocc1C(=O)N1CC[C@@H]2[C@H]1CCC(=O)N2CCN(C)C. The molecule has 2 aliphatic heterocycles. The molecular weight excluding hydrogens is 296 g/mol. The molecule has 0 radical (unpaired) electrons. The lowest BCUT2D eigenvalue weighted by atomic mass is 9.96. The van der Waals surface area contributed by atoms with Gasteiger partial charge in [-0.25, -0.2) is 0 Å². The highest BCUT2D eigenvalue weighted by molar-refractivity contribution is 5.95. The molecule has 2 amide bonds. The molecule has 2 saturated heterocycles. The lowest BCUT2D eigenvalue weighted by molar-refractivity contribution is -0.137. The number of aryl methyl sites for hydroxylation is 1. The maximum absolute atomic E-state index is 12.8. The summed E-state index contributed by atoms with van der Waals surface area (Å²) in [4.78, 5) is 31.0. The van der Waals surface area contributed by atoms with Crippen LogP contribution in [0.5, 0.6) is 0 Å². The Labute approximate surface area is 136 Å². The van der Waals surface area contributed by atoms with E-state index in [1.807, 2.05) is 23.9 Å². The van der Waals surface area contributed by atoms with Crippen molar-refractivity contribution in [3.05, 3.63) is 17.5 Å². The molecule has 3 heterocycles. The molecule has 0 aliphatic carbocycles. The number of aromatic nitrogens is 1. The number of hydrogen-bond donors (Lipinski definition) is 0. The molecule has 7 heteroatoms.